The Hall–Kier alpha value is -7.76. The van der Waals surface area contributed by atoms with E-state index in [0.29, 0.717) is 0 Å². The average Bonchev–Trinajstić information content (AvgIpc) is 3.95. The Morgan fingerprint density at radius 1 is 0.344 bits per heavy atom. The highest BCUT2D eigenvalue weighted by molar-refractivity contribution is 7.26. The zero-order chi connectivity index (χ0) is 42.5. The number of benzene rings is 10. The molecule has 0 fully saturated rings. The van der Waals surface area contributed by atoms with Crippen LogP contribution in [0.2, 0.25) is 0 Å². The molecule has 0 saturated carbocycles. The largest absolute Gasteiger partial charge is 0.456 e. The fraction of sp³-hybridized carbons (Fsp3) is 0. The van der Waals surface area contributed by atoms with Gasteiger partial charge in [0, 0.05) is 48.4 Å². The molecule has 0 saturated heterocycles. The molecule has 0 N–H and O–H groups in total. The molecule has 64 heavy (non-hydrogen) atoms. The lowest BCUT2D eigenvalue weighted by atomic mass is 9.98. The minimum Gasteiger partial charge on any atom is -0.456 e. The van der Waals surface area contributed by atoms with Crippen molar-refractivity contribution in [2.45, 2.75) is 0 Å². The standard InChI is InChI=1S/C60H41NOSSi/c1-5-18-43(19-6-1)51-29-16-32-57-59(51)60-54(30-17-33-58(60)63-57)61(46-38-39-53-52-28-13-14-31-55(52)62-56(53)41-46)45-36-34-42(35-37-45)44-20-15-27-50(40-44)64(47-21-7-2-8-22-47,48-23-9-3-10-24-48)49-25-11-4-12-26-49/h1-41H. The summed E-state index contributed by atoms with van der Waals surface area (Å²) in [5.41, 5.74) is 9.80. The van der Waals surface area contributed by atoms with Crippen molar-refractivity contribution in [1.82, 2.24) is 0 Å². The number of para-hydroxylation sites is 1. The van der Waals surface area contributed by atoms with Gasteiger partial charge >= 0.3 is 0 Å². The van der Waals surface area contributed by atoms with Gasteiger partial charge in [0.2, 0.25) is 0 Å². The van der Waals surface area contributed by atoms with Crippen molar-refractivity contribution in [2.24, 2.45) is 0 Å². The van der Waals surface area contributed by atoms with E-state index in [1.54, 1.807) is 0 Å². The molecule has 0 radical (unpaired) electrons. The first-order valence-electron chi connectivity index (χ1n) is 21.8. The second kappa shape index (κ2) is 15.9. The highest BCUT2D eigenvalue weighted by Gasteiger charge is 2.41. The van der Waals surface area contributed by atoms with E-state index >= 15 is 0 Å². The van der Waals surface area contributed by atoms with Gasteiger partial charge in [0.05, 0.1) is 5.69 Å². The second-order valence-electron chi connectivity index (χ2n) is 16.4. The van der Waals surface area contributed by atoms with Crippen molar-refractivity contribution in [3.8, 4) is 22.3 Å². The summed E-state index contributed by atoms with van der Waals surface area (Å²) in [6, 6.07) is 91.1. The van der Waals surface area contributed by atoms with E-state index in [2.05, 4.69) is 248 Å². The van der Waals surface area contributed by atoms with Crippen LogP contribution in [-0.2, 0) is 0 Å². The van der Waals surface area contributed by atoms with Crippen LogP contribution in [0.15, 0.2) is 253 Å². The lowest BCUT2D eigenvalue weighted by molar-refractivity contribution is 0.669. The van der Waals surface area contributed by atoms with Crippen LogP contribution in [0.25, 0.3) is 64.4 Å². The van der Waals surface area contributed by atoms with Gasteiger partial charge in [-0.15, -0.1) is 11.3 Å². The summed E-state index contributed by atoms with van der Waals surface area (Å²) in [7, 11) is -2.70. The summed E-state index contributed by atoms with van der Waals surface area (Å²) in [5.74, 6) is 0. The van der Waals surface area contributed by atoms with Crippen molar-refractivity contribution in [3.63, 3.8) is 0 Å². The first-order chi connectivity index (χ1) is 31.7. The molecule has 4 heteroatoms. The normalized spacial score (nSPS) is 11.8. The van der Waals surface area contributed by atoms with E-state index < -0.39 is 8.07 Å². The van der Waals surface area contributed by atoms with E-state index in [0.717, 1.165) is 39.0 Å². The van der Waals surface area contributed by atoms with Crippen molar-refractivity contribution < 1.29 is 4.42 Å². The Balaban J connectivity index is 1.04. The molecule has 0 aliphatic rings. The van der Waals surface area contributed by atoms with E-state index in [-0.39, 0.29) is 0 Å². The summed E-state index contributed by atoms with van der Waals surface area (Å²) in [4.78, 5) is 2.42. The zero-order valence-corrected chi connectivity index (χ0v) is 36.8. The maximum absolute atomic E-state index is 6.52. The number of thiophene rings is 1. The lowest BCUT2D eigenvalue weighted by Crippen LogP contribution is -2.74. The highest BCUT2D eigenvalue weighted by Crippen LogP contribution is 2.48. The summed E-state index contributed by atoms with van der Waals surface area (Å²) < 4.78 is 9.05. The molecule has 0 spiro atoms. The Labute approximate surface area is 377 Å². The molecule has 2 aromatic heterocycles. The van der Waals surface area contributed by atoms with Crippen LogP contribution in [0, 0.1) is 0 Å². The number of nitrogens with zero attached hydrogens (tertiary/aromatic N) is 1. The third kappa shape index (κ3) is 6.30. The SMILES string of the molecule is c1ccc(-c2cccc3sc4cccc(N(c5ccc(-c6cccc([Si](c7ccccc7)(c7ccccc7)c7ccccc7)c6)cc5)c5ccc6c(c5)oc5ccccc56)c4c23)cc1. The fourth-order valence-corrected chi connectivity index (χ4v) is 15.9. The molecule has 0 aliphatic heterocycles. The Morgan fingerprint density at radius 2 is 0.875 bits per heavy atom. The van der Waals surface area contributed by atoms with E-state index in [1.165, 1.54) is 63.2 Å². The molecule has 0 atom stereocenters. The third-order valence-electron chi connectivity index (χ3n) is 12.8. The molecule has 10 aromatic carbocycles. The van der Waals surface area contributed by atoms with Gasteiger partial charge in [-0.1, -0.05) is 194 Å². The quantitative estimate of drug-likeness (QED) is 0.106. The number of anilines is 3. The molecule has 0 amide bonds. The number of rotatable bonds is 9. The maximum atomic E-state index is 6.52. The molecular formula is C60H41NOSSi. The van der Waals surface area contributed by atoms with Gasteiger partial charge < -0.3 is 9.32 Å². The van der Waals surface area contributed by atoms with Gasteiger partial charge in [-0.2, -0.15) is 0 Å². The summed E-state index contributed by atoms with van der Waals surface area (Å²) >= 11 is 1.85. The Kier molecular flexibility index (Phi) is 9.40. The topological polar surface area (TPSA) is 16.4 Å². The molecule has 2 nitrogen and oxygen atoms in total. The van der Waals surface area contributed by atoms with Crippen LogP contribution in [0.4, 0.5) is 17.1 Å². The first kappa shape index (κ1) is 38.0. The van der Waals surface area contributed by atoms with Crippen LogP contribution in [0.5, 0.6) is 0 Å². The van der Waals surface area contributed by atoms with Crippen LogP contribution in [0.1, 0.15) is 0 Å². The third-order valence-corrected chi connectivity index (χ3v) is 18.7. The van der Waals surface area contributed by atoms with Crippen molar-refractivity contribution in [3.05, 3.63) is 249 Å². The van der Waals surface area contributed by atoms with Crippen LogP contribution in [-0.4, -0.2) is 8.07 Å². The molecule has 2 heterocycles. The average molecular weight is 852 g/mol. The minimum absolute atomic E-state index is 0.868. The van der Waals surface area contributed by atoms with E-state index in [9.17, 15) is 0 Å². The monoisotopic (exact) mass is 851 g/mol. The smallest absolute Gasteiger partial charge is 0.179 e. The van der Waals surface area contributed by atoms with Gasteiger partial charge in [0.1, 0.15) is 11.2 Å². The van der Waals surface area contributed by atoms with Gasteiger partial charge in [-0.05, 0) is 91.5 Å². The Bertz CT molecular complexity index is 3500. The van der Waals surface area contributed by atoms with Crippen molar-refractivity contribution in [2.75, 3.05) is 4.90 Å². The molecular weight excluding hydrogens is 811 g/mol. The van der Waals surface area contributed by atoms with E-state index in [4.69, 9.17) is 4.42 Å². The Morgan fingerprint density at radius 3 is 1.56 bits per heavy atom. The highest BCUT2D eigenvalue weighted by atomic mass is 32.1. The summed E-state index contributed by atoms with van der Waals surface area (Å²) in [6.45, 7) is 0. The van der Waals surface area contributed by atoms with Gasteiger partial charge in [-0.25, -0.2) is 0 Å². The molecule has 0 unspecified atom stereocenters. The van der Waals surface area contributed by atoms with Gasteiger partial charge in [0.25, 0.3) is 0 Å². The zero-order valence-electron chi connectivity index (χ0n) is 34.9. The van der Waals surface area contributed by atoms with Crippen LogP contribution >= 0.6 is 11.3 Å². The summed E-state index contributed by atoms with van der Waals surface area (Å²) in [5, 5.41) is 10.2. The predicted molar refractivity (Wildman–Crippen MR) is 276 cm³/mol. The van der Waals surface area contributed by atoms with Gasteiger partial charge in [-0.3, -0.25) is 0 Å². The molecule has 0 bridgehead atoms. The van der Waals surface area contributed by atoms with E-state index in [1.807, 2.05) is 17.4 Å². The number of hydrogen-bond donors (Lipinski definition) is 0. The van der Waals surface area contributed by atoms with Crippen molar-refractivity contribution in [1.29, 1.82) is 0 Å². The van der Waals surface area contributed by atoms with Crippen LogP contribution in [0.3, 0.4) is 0 Å². The number of hydrogen-bond acceptors (Lipinski definition) is 3. The molecule has 12 rings (SSSR count). The molecule has 0 aliphatic carbocycles. The predicted octanol–water partition coefficient (Wildman–Crippen LogP) is 14.1. The summed E-state index contributed by atoms with van der Waals surface area (Å²) in [6.07, 6.45) is 0. The number of furan rings is 1. The van der Waals surface area contributed by atoms with Gasteiger partial charge in [0.15, 0.2) is 8.07 Å². The van der Waals surface area contributed by atoms with Crippen molar-refractivity contribution >= 4 is 99.3 Å². The first-order valence-corrected chi connectivity index (χ1v) is 24.6. The second-order valence-corrected chi connectivity index (χ2v) is 21.3. The fourth-order valence-electron chi connectivity index (χ4n) is 9.97. The maximum Gasteiger partial charge on any atom is 0.179 e. The molecule has 302 valence electrons. The molecule has 12 aromatic rings. The lowest BCUT2D eigenvalue weighted by Gasteiger charge is -2.34. The van der Waals surface area contributed by atoms with Crippen LogP contribution < -0.4 is 25.6 Å². The number of fused-ring (bicyclic) bond motifs is 6. The minimum atomic E-state index is -2.70.